The Balaban J connectivity index is 1.73. The Morgan fingerprint density at radius 3 is 2.59 bits per heavy atom. The summed E-state index contributed by atoms with van der Waals surface area (Å²) in [5.41, 5.74) is -0.161. The molecule has 1 atom stereocenters. The summed E-state index contributed by atoms with van der Waals surface area (Å²) in [5.74, 6) is -0.416. The number of imide groups is 1. The van der Waals surface area contributed by atoms with Gasteiger partial charge in [-0.2, -0.15) is 0 Å². The highest BCUT2D eigenvalue weighted by Gasteiger charge is 2.49. The molecule has 0 unspecified atom stereocenters. The van der Waals surface area contributed by atoms with E-state index < -0.39 is 29.9 Å². The van der Waals surface area contributed by atoms with Crippen molar-refractivity contribution in [3.05, 3.63) is 59.1 Å². The second-order valence-electron chi connectivity index (χ2n) is 6.23. The summed E-state index contributed by atoms with van der Waals surface area (Å²) in [7, 11) is 1.52. The van der Waals surface area contributed by atoms with E-state index in [0.29, 0.717) is 22.0 Å². The summed E-state index contributed by atoms with van der Waals surface area (Å²) in [6.45, 7) is 1.20. The van der Waals surface area contributed by atoms with Gasteiger partial charge in [0.05, 0.1) is 7.11 Å². The Hall–Kier alpha value is -3.06. The van der Waals surface area contributed by atoms with Crippen LogP contribution in [0.15, 0.2) is 48.5 Å². The largest absolute Gasteiger partial charge is 0.497 e. The van der Waals surface area contributed by atoms with E-state index in [2.05, 4.69) is 10.6 Å². The molecule has 3 rings (SSSR count). The fourth-order valence-electron chi connectivity index (χ4n) is 2.86. The van der Waals surface area contributed by atoms with Crippen LogP contribution in [0.3, 0.4) is 0 Å². The van der Waals surface area contributed by atoms with Gasteiger partial charge in [-0.05, 0) is 36.8 Å². The van der Waals surface area contributed by atoms with Crippen molar-refractivity contribution in [3.63, 3.8) is 0 Å². The summed E-state index contributed by atoms with van der Waals surface area (Å²) in [6.07, 6.45) is 0. The molecule has 0 saturated carbocycles. The smallest absolute Gasteiger partial charge is 0.325 e. The molecule has 1 saturated heterocycles. The standard InChI is InChI=1S/C19H18ClN3O4/c1-19(12-6-8-13(20)9-7-12)17(25)23(18(26)22-19)11-16(24)21-14-4-3-5-15(10-14)27-2/h3-10H,11H2,1-2H3,(H,21,24)(H,22,26)/t19-/m1/s1. The first-order chi connectivity index (χ1) is 12.8. The van der Waals surface area contributed by atoms with Crippen LogP contribution < -0.4 is 15.4 Å². The molecule has 2 aromatic rings. The molecule has 1 aliphatic rings. The van der Waals surface area contributed by atoms with Crippen molar-refractivity contribution in [1.29, 1.82) is 0 Å². The number of halogens is 1. The Bertz CT molecular complexity index is 900. The molecular formula is C19H18ClN3O4. The van der Waals surface area contributed by atoms with Gasteiger partial charge in [-0.15, -0.1) is 0 Å². The van der Waals surface area contributed by atoms with Gasteiger partial charge in [-0.25, -0.2) is 4.79 Å². The van der Waals surface area contributed by atoms with Crippen LogP contribution in [-0.2, 0) is 15.1 Å². The third-order valence-corrected chi connectivity index (χ3v) is 4.60. The van der Waals surface area contributed by atoms with E-state index in [-0.39, 0.29) is 0 Å². The normalized spacial score (nSPS) is 19.0. The topological polar surface area (TPSA) is 87.7 Å². The van der Waals surface area contributed by atoms with Crippen LogP contribution in [-0.4, -0.2) is 36.4 Å². The van der Waals surface area contributed by atoms with E-state index in [1.165, 1.54) is 7.11 Å². The molecular weight excluding hydrogens is 370 g/mol. The maximum absolute atomic E-state index is 12.8. The number of hydrogen-bond acceptors (Lipinski definition) is 4. The SMILES string of the molecule is COc1cccc(NC(=O)CN2C(=O)N[C@](C)(c3ccc(Cl)cc3)C2=O)c1. The van der Waals surface area contributed by atoms with Crippen molar-refractivity contribution >= 4 is 35.1 Å². The number of carbonyl (C=O) groups is 3. The first-order valence-electron chi connectivity index (χ1n) is 8.17. The second kappa shape index (κ2) is 7.28. The lowest BCUT2D eigenvalue weighted by Gasteiger charge is -2.22. The van der Waals surface area contributed by atoms with Gasteiger partial charge in [0.2, 0.25) is 5.91 Å². The monoisotopic (exact) mass is 387 g/mol. The van der Waals surface area contributed by atoms with Crippen LogP contribution in [0, 0.1) is 0 Å². The van der Waals surface area contributed by atoms with Gasteiger partial charge in [-0.3, -0.25) is 14.5 Å². The summed E-state index contributed by atoms with van der Waals surface area (Å²) >= 11 is 5.88. The van der Waals surface area contributed by atoms with Crippen LogP contribution in [0.25, 0.3) is 0 Å². The summed E-state index contributed by atoms with van der Waals surface area (Å²) < 4.78 is 5.10. The quantitative estimate of drug-likeness (QED) is 0.772. The van der Waals surface area contributed by atoms with Gasteiger partial charge < -0.3 is 15.4 Å². The van der Waals surface area contributed by atoms with E-state index in [1.807, 2.05) is 0 Å². The molecule has 1 aliphatic heterocycles. The number of hydrogen-bond donors (Lipinski definition) is 2. The Labute approximate surface area is 161 Å². The lowest BCUT2D eigenvalue weighted by molar-refractivity contribution is -0.133. The molecule has 0 bridgehead atoms. The van der Waals surface area contributed by atoms with E-state index >= 15 is 0 Å². The van der Waals surface area contributed by atoms with Crippen molar-refractivity contribution in [1.82, 2.24) is 10.2 Å². The molecule has 2 aromatic carbocycles. The number of nitrogens with zero attached hydrogens (tertiary/aromatic N) is 1. The molecule has 27 heavy (non-hydrogen) atoms. The number of ether oxygens (including phenoxy) is 1. The summed E-state index contributed by atoms with van der Waals surface area (Å²) in [5, 5.41) is 5.82. The number of anilines is 1. The van der Waals surface area contributed by atoms with E-state index in [4.69, 9.17) is 16.3 Å². The fraction of sp³-hybridized carbons (Fsp3) is 0.211. The van der Waals surface area contributed by atoms with Crippen molar-refractivity contribution in [2.75, 3.05) is 19.0 Å². The zero-order valence-electron chi connectivity index (χ0n) is 14.8. The molecule has 0 aliphatic carbocycles. The number of rotatable bonds is 5. The van der Waals surface area contributed by atoms with Gasteiger partial charge in [-0.1, -0.05) is 29.8 Å². The lowest BCUT2D eigenvalue weighted by Crippen LogP contribution is -2.42. The van der Waals surface area contributed by atoms with Crippen LogP contribution in [0.2, 0.25) is 5.02 Å². The van der Waals surface area contributed by atoms with Gasteiger partial charge in [0, 0.05) is 16.8 Å². The molecule has 0 aromatic heterocycles. The van der Waals surface area contributed by atoms with Crippen molar-refractivity contribution in [2.45, 2.75) is 12.5 Å². The Morgan fingerprint density at radius 2 is 1.93 bits per heavy atom. The minimum Gasteiger partial charge on any atom is -0.497 e. The highest BCUT2D eigenvalue weighted by molar-refractivity contribution is 6.30. The maximum Gasteiger partial charge on any atom is 0.325 e. The number of amides is 4. The Kier molecular flexibility index (Phi) is 5.05. The zero-order valence-corrected chi connectivity index (χ0v) is 15.5. The predicted molar refractivity (Wildman–Crippen MR) is 101 cm³/mol. The number of carbonyl (C=O) groups excluding carboxylic acids is 3. The van der Waals surface area contributed by atoms with Crippen LogP contribution in [0.5, 0.6) is 5.75 Å². The maximum atomic E-state index is 12.8. The van der Waals surface area contributed by atoms with Gasteiger partial charge in [0.15, 0.2) is 0 Å². The molecule has 140 valence electrons. The van der Waals surface area contributed by atoms with Gasteiger partial charge in [0.1, 0.15) is 17.8 Å². The van der Waals surface area contributed by atoms with Crippen molar-refractivity contribution in [2.24, 2.45) is 0 Å². The molecule has 0 radical (unpaired) electrons. The van der Waals surface area contributed by atoms with Crippen LogP contribution in [0.1, 0.15) is 12.5 Å². The Morgan fingerprint density at radius 1 is 1.22 bits per heavy atom. The summed E-state index contributed by atoms with van der Waals surface area (Å²) in [6, 6.07) is 12.8. The van der Waals surface area contributed by atoms with E-state index in [1.54, 1.807) is 55.5 Å². The molecule has 1 heterocycles. The highest BCUT2D eigenvalue weighted by Crippen LogP contribution is 2.29. The van der Waals surface area contributed by atoms with E-state index in [9.17, 15) is 14.4 Å². The number of benzene rings is 2. The zero-order chi connectivity index (χ0) is 19.6. The fourth-order valence-corrected chi connectivity index (χ4v) is 2.99. The van der Waals surface area contributed by atoms with Crippen molar-refractivity contribution in [3.8, 4) is 5.75 Å². The molecule has 7 nitrogen and oxygen atoms in total. The minimum atomic E-state index is -1.25. The molecule has 0 spiro atoms. The van der Waals surface area contributed by atoms with Crippen LogP contribution >= 0.6 is 11.6 Å². The van der Waals surface area contributed by atoms with Crippen molar-refractivity contribution < 1.29 is 19.1 Å². The number of nitrogens with one attached hydrogen (secondary N) is 2. The molecule has 2 N–H and O–H groups in total. The molecule has 1 fully saturated rings. The number of urea groups is 1. The second-order valence-corrected chi connectivity index (χ2v) is 6.67. The minimum absolute atomic E-state index is 0.398. The predicted octanol–water partition coefficient (Wildman–Crippen LogP) is 2.75. The van der Waals surface area contributed by atoms with E-state index in [0.717, 1.165) is 4.90 Å². The average Bonchev–Trinajstić information content (AvgIpc) is 2.86. The molecule has 8 heteroatoms. The first kappa shape index (κ1) is 18.7. The first-order valence-corrected chi connectivity index (χ1v) is 8.55. The highest BCUT2D eigenvalue weighted by atomic mass is 35.5. The van der Waals surface area contributed by atoms with Crippen LogP contribution in [0.4, 0.5) is 10.5 Å². The van der Waals surface area contributed by atoms with Gasteiger partial charge in [0.25, 0.3) is 5.91 Å². The average molecular weight is 388 g/mol. The molecule has 4 amide bonds. The summed E-state index contributed by atoms with van der Waals surface area (Å²) in [4.78, 5) is 38.3. The van der Waals surface area contributed by atoms with Gasteiger partial charge >= 0.3 is 6.03 Å². The third-order valence-electron chi connectivity index (χ3n) is 4.35. The lowest BCUT2D eigenvalue weighted by atomic mass is 9.92. The number of methoxy groups -OCH3 is 1. The third kappa shape index (κ3) is 3.73.